The molecule has 1 aliphatic heterocycles. The molecule has 0 aliphatic carbocycles. The summed E-state index contributed by atoms with van der Waals surface area (Å²) in [4.78, 5) is 12.0. The first-order chi connectivity index (χ1) is 9.19. The summed E-state index contributed by atoms with van der Waals surface area (Å²) in [7, 11) is 0. The summed E-state index contributed by atoms with van der Waals surface area (Å²) >= 11 is 3.41. The fourth-order valence-electron chi connectivity index (χ4n) is 2.24. The van der Waals surface area contributed by atoms with Gasteiger partial charge in [-0.05, 0) is 44.5 Å². The van der Waals surface area contributed by atoms with E-state index < -0.39 is 0 Å². The van der Waals surface area contributed by atoms with Gasteiger partial charge in [-0.15, -0.1) is 12.4 Å². The van der Waals surface area contributed by atoms with Crippen LogP contribution in [0.25, 0.3) is 0 Å². The molecule has 0 spiro atoms. The first-order valence-corrected chi connectivity index (χ1v) is 7.44. The molecule has 1 aliphatic rings. The minimum Gasteiger partial charge on any atom is -0.492 e. The lowest BCUT2D eigenvalue weighted by Crippen LogP contribution is -2.27. The van der Waals surface area contributed by atoms with Gasteiger partial charge >= 0.3 is 0 Å². The number of ether oxygens (including phenoxy) is 1. The minimum absolute atomic E-state index is 0. The molecule has 1 aromatic carbocycles. The van der Waals surface area contributed by atoms with Crippen molar-refractivity contribution in [2.24, 2.45) is 0 Å². The van der Waals surface area contributed by atoms with Crippen LogP contribution in [0.1, 0.15) is 26.2 Å². The number of amides is 1. The van der Waals surface area contributed by atoms with Gasteiger partial charge in [0.15, 0.2) is 0 Å². The first kappa shape index (κ1) is 17.3. The van der Waals surface area contributed by atoms with Gasteiger partial charge < -0.3 is 15.4 Å². The molecule has 20 heavy (non-hydrogen) atoms. The van der Waals surface area contributed by atoms with Gasteiger partial charge in [0, 0.05) is 16.9 Å². The third-order valence-electron chi connectivity index (χ3n) is 3.11. The quantitative estimate of drug-likeness (QED) is 0.843. The highest BCUT2D eigenvalue weighted by Gasteiger charge is 2.18. The van der Waals surface area contributed by atoms with E-state index in [1.165, 1.54) is 0 Å². The molecule has 1 fully saturated rings. The predicted molar refractivity (Wildman–Crippen MR) is 86.8 cm³/mol. The molecule has 2 rings (SSSR count). The Balaban J connectivity index is 0.00000200. The van der Waals surface area contributed by atoms with Crippen molar-refractivity contribution in [2.45, 2.75) is 32.2 Å². The van der Waals surface area contributed by atoms with Crippen LogP contribution >= 0.6 is 28.3 Å². The van der Waals surface area contributed by atoms with E-state index in [0.717, 1.165) is 29.5 Å². The largest absolute Gasteiger partial charge is 0.492 e. The van der Waals surface area contributed by atoms with Crippen molar-refractivity contribution in [3.05, 3.63) is 22.7 Å². The van der Waals surface area contributed by atoms with Crippen molar-refractivity contribution in [3.63, 3.8) is 0 Å². The molecule has 6 heteroatoms. The van der Waals surface area contributed by atoms with E-state index in [0.29, 0.717) is 24.8 Å². The molecule has 0 saturated carbocycles. The van der Waals surface area contributed by atoms with Crippen LogP contribution < -0.4 is 15.4 Å². The second-order valence-corrected chi connectivity index (χ2v) is 5.53. The van der Waals surface area contributed by atoms with Crippen LogP contribution in [0, 0.1) is 0 Å². The van der Waals surface area contributed by atoms with Gasteiger partial charge in [-0.25, -0.2) is 0 Å². The molecule has 1 amide bonds. The summed E-state index contributed by atoms with van der Waals surface area (Å²) in [5.74, 6) is 0.733. The number of carbonyl (C=O) groups is 1. The lowest BCUT2D eigenvalue weighted by Gasteiger charge is -2.14. The molecule has 2 N–H and O–H groups in total. The highest BCUT2D eigenvalue weighted by atomic mass is 79.9. The van der Waals surface area contributed by atoms with Crippen molar-refractivity contribution in [3.8, 4) is 5.75 Å². The Morgan fingerprint density at radius 2 is 2.35 bits per heavy atom. The highest BCUT2D eigenvalue weighted by molar-refractivity contribution is 9.10. The van der Waals surface area contributed by atoms with E-state index in [2.05, 4.69) is 26.6 Å². The maximum Gasteiger partial charge on any atom is 0.226 e. The summed E-state index contributed by atoms with van der Waals surface area (Å²) in [6.07, 6.45) is 2.74. The zero-order valence-corrected chi connectivity index (χ0v) is 13.9. The SMILES string of the molecule is CCOc1ccc(Br)cc1NC(=O)CC1CCCN1.Cl. The van der Waals surface area contributed by atoms with Crippen molar-refractivity contribution in [2.75, 3.05) is 18.5 Å². The fraction of sp³-hybridized carbons (Fsp3) is 0.500. The summed E-state index contributed by atoms with van der Waals surface area (Å²) in [5.41, 5.74) is 0.722. The van der Waals surface area contributed by atoms with Crippen LogP contribution in [0.3, 0.4) is 0 Å². The lowest BCUT2D eigenvalue weighted by atomic mass is 10.1. The van der Waals surface area contributed by atoms with Gasteiger partial charge in [0.25, 0.3) is 0 Å². The molecule has 1 saturated heterocycles. The molecule has 1 atom stereocenters. The third kappa shape index (κ3) is 4.96. The zero-order valence-electron chi connectivity index (χ0n) is 11.4. The van der Waals surface area contributed by atoms with Crippen LogP contribution in [-0.4, -0.2) is 25.1 Å². The number of rotatable bonds is 5. The molecule has 0 aromatic heterocycles. The predicted octanol–water partition coefficient (Wildman–Crippen LogP) is 3.35. The van der Waals surface area contributed by atoms with Crippen molar-refractivity contribution in [1.29, 1.82) is 0 Å². The lowest BCUT2D eigenvalue weighted by molar-refractivity contribution is -0.116. The summed E-state index contributed by atoms with van der Waals surface area (Å²) in [6.45, 7) is 3.52. The normalized spacial score (nSPS) is 17.4. The number of benzene rings is 1. The maximum absolute atomic E-state index is 12.0. The molecule has 4 nitrogen and oxygen atoms in total. The second-order valence-electron chi connectivity index (χ2n) is 4.62. The monoisotopic (exact) mass is 362 g/mol. The van der Waals surface area contributed by atoms with Crippen molar-refractivity contribution < 1.29 is 9.53 Å². The Morgan fingerprint density at radius 3 is 3.00 bits per heavy atom. The molecule has 1 aromatic rings. The van der Waals surface area contributed by atoms with E-state index in [-0.39, 0.29) is 18.3 Å². The van der Waals surface area contributed by atoms with Crippen LogP contribution in [-0.2, 0) is 4.79 Å². The standard InChI is InChI=1S/C14H19BrN2O2.ClH/c1-2-19-13-6-5-10(15)8-12(13)17-14(18)9-11-4-3-7-16-11;/h5-6,8,11,16H,2-4,7,9H2,1H3,(H,17,18);1H. The Morgan fingerprint density at radius 1 is 1.55 bits per heavy atom. The summed E-state index contributed by atoms with van der Waals surface area (Å²) in [5, 5.41) is 6.25. The van der Waals surface area contributed by atoms with Crippen LogP contribution in [0.2, 0.25) is 0 Å². The van der Waals surface area contributed by atoms with Gasteiger partial charge in [0.05, 0.1) is 12.3 Å². The average Bonchev–Trinajstić information content (AvgIpc) is 2.85. The van der Waals surface area contributed by atoms with E-state index in [9.17, 15) is 4.79 Å². The number of anilines is 1. The van der Waals surface area contributed by atoms with Crippen molar-refractivity contribution in [1.82, 2.24) is 5.32 Å². The zero-order chi connectivity index (χ0) is 13.7. The molecule has 0 radical (unpaired) electrons. The Bertz CT molecular complexity index is 451. The van der Waals surface area contributed by atoms with Gasteiger partial charge in [0.1, 0.15) is 5.75 Å². The van der Waals surface area contributed by atoms with Crippen molar-refractivity contribution >= 4 is 39.9 Å². The van der Waals surface area contributed by atoms with E-state index >= 15 is 0 Å². The number of nitrogens with one attached hydrogen (secondary N) is 2. The minimum atomic E-state index is 0. The van der Waals surface area contributed by atoms with Crippen LogP contribution in [0.5, 0.6) is 5.75 Å². The van der Waals surface area contributed by atoms with Crippen LogP contribution in [0.4, 0.5) is 5.69 Å². The van der Waals surface area contributed by atoms with Gasteiger partial charge in [0.2, 0.25) is 5.91 Å². The number of carbonyl (C=O) groups excluding carboxylic acids is 1. The molecule has 112 valence electrons. The Kier molecular flexibility index (Phi) is 7.34. The molecule has 1 heterocycles. The maximum atomic E-state index is 12.0. The molecular weight excluding hydrogens is 344 g/mol. The third-order valence-corrected chi connectivity index (χ3v) is 3.60. The van der Waals surface area contributed by atoms with E-state index in [1.54, 1.807) is 0 Å². The molecule has 0 bridgehead atoms. The second kappa shape index (κ2) is 8.49. The van der Waals surface area contributed by atoms with Gasteiger partial charge in [-0.2, -0.15) is 0 Å². The topological polar surface area (TPSA) is 50.4 Å². The average molecular weight is 364 g/mol. The van der Waals surface area contributed by atoms with Gasteiger partial charge in [-0.1, -0.05) is 15.9 Å². The number of hydrogen-bond acceptors (Lipinski definition) is 3. The molecule has 1 unspecified atom stereocenters. The first-order valence-electron chi connectivity index (χ1n) is 6.64. The Labute approximate surface area is 134 Å². The summed E-state index contributed by atoms with van der Waals surface area (Å²) < 4.78 is 6.43. The number of hydrogen-bond donors (Lipinski definition) is 2. The smallest absolute Gasteiger partial charge is 0.226 e. The fourth-order valence-corrected chi connectivity index (χ4v) is 2.60. The highest BCUT2D eigenvalue weighted by Crippen LogP contribution is 2.28. The number of halogens is 2. The van der Waals surface area contributed by atoms with E-state index in [1.807, 2.05) is 25.1 Å². The summed E-state index contributed by atoms with van der Waals surface area (Å²) in [6, 6.07) is 5.93. The van der Waals surface area contributed by atoms with Crippen LogP contribution in [0.15, 0.2) is 22.7 Å². The Hall–Kier alpha value is -0.780. The van der Waals surface area contributed by atoms with E-state index in [4.69, 9.17) is 4.74 Å². The molecular formula is C14H20BrClN2O2. The van der Waals surface area contributed by atoms with Gasteiger partial charge in [-0.3, -0.25) is 4.79 Å².